The van der Waals surface area contributed by atoms with Crippen LogP contribution in [0, 0.1) is 5.92 Å². The van der Waals surface area contributed by atoms with Gasteiger partial charge in [0.1, 0.15) is 0 Å². The molecule has 1 heterocycles. The van der Waals surface area contributed by atoms with Gasteiger partial charge in [-0.2, -0.15) is 4.98 Å². The van der Waals surface area contributed by atoms with Gasteiger partial charge >= 0.3 is 0 Å². The summed E-state index contributed by atoms with van der Waals surface area (Å²) in [6.45, 7) is 6.25. The third kappa shape index (κ3) is 1.78. The van der Waals surface area contributed by atoms with Gasteiger partial charge in [-0.1, -0.05) is 25.9 Å². The van der Waals surface area contributed by atoms with Gasteiger partial charge in [0.25, 0.3) is 0 Å². The van der Waals surface area contributed by atoms with Crippen LogP contribution >= 0.6 is 0 Å². The highest BCUT2D eigenvalue weighted by Crippen LogP contribution is 2.40. The Labute approximate surface area is 90.2 Å². The Hall–Kier alpha value is -0.900. The molecule has 0 bridgehead atoms. The van der Waals surface area contributed by atoms with Crippen molar-refractivity contribution >= 4 is 0 Å². The molecule has 0 aliphatic heterocycles. The first-order valence-electron chi connectivity index (χ1n) is 5.71. The molecule has 4 nitrogen and oxygen atoms in total. The van der Waals surface area contributed by atoms with E-state index in [0.29, 0.717) is 17.7 Å². The number of aromatic nitrogens is 2. The number of rotatable bonds is 4. The molecule has 0 saturated heterocycles. The summed E-state index contributed by atoms with van der Waals surface area (Å²) in [6, 6.07) is 0. The van der Waals surface area contributed by atoms with Crippen molar-refractivity contribution in [1.29, 1.82) is 0 Å². The predicted molar refractivity (Wildman–Crippen MR) is 57.3 cm³/mol. The van der Waals surface area contributed by atoms with Crippen molar-refractivity contribution in [3.63, 3.8) is 0 Å². The van der Waals surface area contributed by atoms with Gasteiger partial charge in [0.05, 0.1) is 5.54 Å². The highest BCUT2D eigenvalue weighted by molar-refractivity contribution is 5.09. The molecule has 1 aromatic heterocycles. The Morgan fingerprint density at radius 1 is 1.53 bits per heavy atom. The molecule has 1 aliphatic rings. The molecule has 2 rings (SSSR count). The van der Waals surface area contributed by atoms with Gasteiger partial charge in [-0.15, -0.1) is 0 Å². The largest absolute Gasteiger partial charge is 0.339 e. The Bertz CT molecular complexity index is 343. The smallest absolute Gasteiger partial charge is 0.229 e. The van der Waals surface area contributed by atoms with Crippen LogP contribution in [0.2, 0.25) is 0 Å². The highest BCUT2D eigenvalue weighted by atomic mass is 16.5. The van der Waals surface area contributed by atoms with E-state index in [0.717, 1.165) is 12.3 Å². The molecule has 0 amide bonds. The van der Waals surface area contributed by atoms with E-state index in [1.54, 1.807) is 0 Å². The Balaban J connectivity index is 2.25. The second-order valence-electron chi connectivity index (χ2n) is 4.78. The van der Waals surface area contributed by atoms with Gasteiger partial charge in [-0.25, -0.2) is 0 Å². The molecule has 84 valence electrons. The van der Waals surface area contributed by atoms with Crippen molar-refractivity contribution in [1.82, 2.24) is 10.1 Å². The lowest BCUT2D eigenvalue weighted by Gasteiger charge is -2.28. The third-order valence-electron chi connectivity index (χ3n) is 3.40. The van der Waals surface area contributed by atoms with Crippen molar-refractivity contribution in [2.45, 2.75) is 51.5 Å². The van der Waals surface area contributed by atoms with E-state index in [1.807, 2.05) is 0 Å². The summed E-state index contributed by atoms with van der Waals surface area (Å²) in [6.07, 6.45) is 3.17. The maximum absolute atomic E-state index is 6.31. The van der Waals surface area contributed by atoms with E-state index < -0.39 is 5.54 Å². The third-order valence-corrected chi connectivity index (χ3v) is 3.40. The molecule has 2 N–H and O–H groups in total. The lowest BCUT2D eigenvalue weighted by Crippen LogP contribution is -2.42. The minimum atomic E-state index is -0.448. The molecule has 0 radical (unpaired) electrons. The van der Waals surface area contributed by atoms with Crippen molar-refractivity contribution in [3.8, 4) is 0 Å². The summed E-state index contributed by atoms with van der Waals surface area (Å²) in [5.74, 6) is 2.25. The average Bonchev–Trinajstić information content (AvgIpc) is 2.95. The normalized spacial score (nSPS) is 20.6. The van der Waals surface area contributed by atoms with Crippen LogP contribution in [0.25, 0.3) is 0 Å². The zero-order valence-corrected chi connectivity index (χ0v) is 9.66. The van der Waals surface area contributed by atoms with Gasteiger partial charge in [-0.3, -0.25) is 0 Å². The quantitative estimate of drug-likeness (QED) is 0.825. The summed E-state index contributed by atoms with van der Waals surface area (Å²) in [5, 5.41) is 4.03. The molecule has 1 fully saturated rings. The fourth-order valence-corrected chi connectivity index (χ4v) is 1.74. The monoisotopic (exact) mass is 209 g/mol. The van der Waals surface area contributed by atoms with E-state index in [4.69, 9.17) is 10.3 Å². The number of nitrogens with zero attached hydrogens (tertiary/aromatic N) is 2. The lowest BCUT2D eigenvalue weighted by molar-refractivity contribution is 0.272. The summed E-state index contributed by atoms with van der Waals surface area (Å²) in [7, 11) is 0. The minimum absolute atomic E-state index is 0.312. The van der Waals surface area contributed by atoms with Crippen molar-refractivity contribution in [3.05, 3.63) is 11.7 Å². The molecule has 1 unspecified atom stereocenters. The van der Waals surface area contributed by atoms with E-state index in [-0.39, 0.29) is 0 Å². The SMILES string of the molecule is CCC(N)(c1noc(C2CC2)n1)C(C)C. The first-order valence-corrected chi connectivity index (χ1v) is 5.71. The second kappa shape index (κ2) is 3.59. The van der Waals surface area contributed by atoms with Gasteiger partial charge in [0, 0.05) is 5.92 Å². The number of nitrogens with two attached hydrogens (primary N) is 1. The van der Waals surface area contributed by atoms with Crippen molar-refractivity contribution in [2.75, 3.05) is 0 Å². The Morgan fingerprint density at radius 3 is 2.67 bits per heavy atom. The summed E-state index contributed by atoms with van der Waals surface area (Å²) in [4.78, 5) is 4.43. The van der Waals surface area contributed by atoms with E-state index in [9.17, 15) is 0 Å². The van der Waals surface area contributed by atoms with Gasteiger partial charge in [-0.05, 0) is 25.2 Å². The van der Waals surface area contributed by atoms with Crippen LogP contribution in [-0.4, -0.2) is 10.1 Å². The second-order valence-corrected chi connectivity index (χ2v) is 4.78. The standard InChI is InChI=1S/C11H19N3O/c1-4-11(12,7(2)3)10-13-9(15-14-10)8-5-6-8/h7-8H,4-6,12H2,1-3H3. The molecule has 1 aromatic rings. The average molecular weight is 209 g/mol. The molecular weight excluding hydrogens is 190 g/mol. The molecule has 15 heavy (non-hydrogen) atoms. The number of hydrogen-bond donors (Lipinski definition) is 1. The fraction of sp³-hybridized carbons (Fsp3) is 0.818. The zero-order valence-electron chi connectivity index (χ0n) is 9.66. The van der Waals surface area contributed by atoms with E-state index in [2.05, 4.69) is 30.9 Å². The van der Waals surface area contributed by atoms with Crippen LogP contribution in [0.3, 0.4) is 0 Å². The fourth-order valence-electron chi connectivity index (χ4n) is 1.74. The van der Waals surface area contributed by atoms with Crippen LogP contribution < -0.4 is 5.73 Å². The van der Waals surface area contributed by atoms with Gasteiger partial charge in [0.15, 0.2) is 5.82 Å². The molecule has 1 atom stereocenters. The van der Waals surface area contributed by atoms with Crippen LogP contribution in [0.5, 0.6) is 0 Å². The maximum Gasteiger partial charge on any atom is 0.229 e. The van der Waals surface area contributed by atoms with Crippen LogP contribution in [0.15, 0.2) is 4.52 Å². The first-order chi connectivity index (χ1) is 7.08. The minimum Gasteiger partial charge on any atom is -0.339 e. The summed E-state index contributed by atoms with van der Waals surface area (Å²) >= 11 is 0. The first kappa shape index (κ1) is 10.6. The molecule has 4 heteroatoms. The molecular formula is C11H19N3O. The number of hydrogen-bond acceptors (Lipinski definition) is 4. The van der Waals surface area contributed by atoms with Crippen LogP contribution in [0.1, 0.15) is 57.7 Å². The Morgan fingerprint density at radius 2 is 2.20 bits per heavy atom. The summed E-state index contributed by atoms with van der Waals surface area (Å²) in [5.41, 5.74) is 5.86. The maximum atomic E-state index is 6.31. The predicted octanol–water partition coefficient (Wildman–Crippen LogP) is 2.17. The Kier molecular flexibility index (Phi) is 2.54. The van der Waals surface area contributed by atoms with E-state index in [1.165, 1.54) is 12.8 Å². The van der Waals surface area contributed by atoms with Crippen molar-refractivity contribution in [2.24, 2.45) is 11.7 Å². The van der Waals surface area contributed by atoms with Crippen LogP contribution in [-0.2, 0) is 5.54 Å². The topological polar surface area (TPSA) is 64.9 Å². The summed E-state index contributed by atoms with van der Waals surface area (Å²) < 4.78 is 5.25. The van der Waals surface area contributed by atoms with Gasteiger partial charge in [0.2, 0.25) is 5.89 Å². The highest BCUT2D eigenvalue weighted by Gasteiger charge is 2.37. The van der Waals surface area contributed by atoms with Crippen LogP contribution in [0.4, 0.5) is 0 Å². The van der Waals surface area contributed by atoms with Gasteiger partial charge < -0.3 is 10.3 Å². The van der Waals surface area contributed by atoms with E-state index >= 15 is 0 Å². The molecule has 0 spiro atoms. The molecule has 1 saturated carbocycles. The van der Waals surface area contributed by atoms with Crippen molar-refractivity contribution < 1.29 is 4.52 Å². The zero-order chi connectivity index (χ0) is 11.1. The molecule has 1 aliphatic carbocycles. The molecule has 0 aromatic carbocycles. The lowest BCUT2D eigenvalue weighted by atomic mass is 9.84.